The summed E-state index contributed by atoms with van der Waals surface area (Å²) < 4.78 is 22.1. The van der Waals surface area contributed by atoms with E-state index in [4.69, 9.17) is 21.6 Å². The Kier molecular flexibility index (Phi) is 3.57. The van der Waals surface area contributed by atoms with Crippen molar-refractivity contribution < 1.29 is 23.8 Å². The normalized spacial score (nSPS) is 9.79. The van der Waals surface area contributed by atoms with Gasteiger partial charge >= 0.3 is 7.32 Å². The Hall–Kier alpha value is -0.975. The summed E-state index contributed by atoms with van der Waals surface area (Å²) in [5.41, 5.74) is 0. The van der Waals surface area contributed by atoms with E-state index in [0.29, 0.717) is 0 Å². The van der Waals surface area contributed by atoms with Gasteiger partial charge in [-0.25, -0.2) is 4.39 Å². The van der Waals surface area contributed by atoms with Crippen LogP contribution in [0.5, 0.6) is 11.5 Å². The van der Waals surface area contributed by atoms with Gasteiger partial charge in [0.25, 0.3) is 0 Å². The minimum Gasteiger partial charge on any atom is -0.511 e. The van der Waals surface area contributed by atoms with Crippen LogP contribution < -0.4 is 9.39 Å². The van der Waals surface area contributed by atoms with Gasteiger partial charge in [0.15, 0.2) is 11.6 Å². The zero-order chi connectivity index (χ0) is 10.7. The maximum Gasteiger partial charge on any atom is 0.707 e. The molecule has 0 radical (unpaired) electrons. The molecule has 7 heteroatoms. The molecule has 1 aromatic carbocycles. The van der Waals surface area contributed by atoms with E-state index in [1.807, 2.05) is 0 Å². The smallest absolute Gasteiger partial charge is 0.511 e. The summed E-state index contributed by atoms with van der Waals surface area (Å²) in [5.74, 6) is -0.817. The van der Waals surface area contributed by atoms with E-state index < -0.39 is 13.1 Å². The molecule has 0 aliphatic rings. The molecule has 0 aliphatic heterocycles. The van der Waals surface area contributed by atoms with E-state index >= 15 is 0 Å². The van der Waals surface area contributed by atoms with Gasteiger partial charge in [-0.1, -0.05) is 11.6 Å². The fourth-order valence-electron chi connectivity index (χ4n) is 0.871. The summed E-state index contributed by atoms with van der Waals surface area (Å²) in [6.45, 7) is 0. The average molecular weight is 220 g/mol. The summed E-state index contributed by atoms with van der Waals surface area (Å²) in [6.07, 6.45) is 0. The number of rotatable bonds is 3. The van der Waals surface area contributed by atoms with Crippen LogP contribution in [-0.4, -0.2) is 24.5 Å². The Labute approximate surface area is 85.0 Å². The van der Waals surface area contributed by atoms with Gasteiger partial charge < -0.3 is 19.4 Å². The van der Waals surface area contributed by atoms with E-state index in [9.17, 15) is 4.39 Å². The van der Waals surface area contributed by atoms with E-state index in [1.165, 1.54) is 7.11 Å². The van der Waals surface area contributed by atoms with Gasteiger partial charge in [0, 0.05) is 6.07 Å². The summed E-state index contributed by atoms with van der Waals surface area (Å²) in [6, 6.07) is 2.08. The molecule has 0 saturated carbocycles. The maximum absolute atomic E-state index is 13.0. The molecule has 76 valence electrons. The van der Waals surface area contributed by atoms with Crippen LogP contribution in [-0.2, 0) is 0 Å². The van der Waals surface area contributed by atoms with E-state index in [-0.39, 0.29) is 16.5 Å². The number of methoxy groups -OCH3 is 1. The lowest BCUT2D eigenvalue weighted by Gasteiger charge is -2.09. The zero-order valence-corrected chi connectivity index (χ0v) is 7.95. The van der Waals surface area contributed by atoms with Crippen LogP contribution in [0.25, 0.3) is 0 Å². The van der Waals surface area contributed by atoms with Crippen LogP contribution in [0.1, 0.15) is 0 Å². The number of benzene rings is 1. The highest BCUT2D eigenvalue weighted by Crippen LogP contribution is 2.31. The maximum atomic E-state index is 13.0. The van der Waals surface area contributed by atoms with Crippen LogP contribution in [0.2, 0.25) is 5.02 Å². The molecule has 0 unspecified atom stereocenters. The summed E-state index contributed by atoms with van der Waals surface area (Å²) >= 11 is 5.56. The van der Waals surface area contributed by atoms with Crippen LogP contribution in [0.15, 0.2) is 12.1 Å². The molecule has 14 heavy (non-hydrogen) atoms. The van der Waals surface area contributed by atoms with Crippen molar-refractivity contribution >= 4 is 18.9 Å². The first kappa shape index (κ1) is 11.1. The fraction of sp³-hybridized carbons (Fsp3) is 0.143. The lowest BCUT2D eigenvalue weighted by atomic mass is 10.2. The van der Waals surface area contributed by atoms with Crippen molar-refractivity contribution in [3.63, 3.8) is 0 Å². The van der Waals surface area contributed by atoms with Crippen molar-refractivity contribution in [2.75, 3.05) is 7.11 Å². The van der Waals surface area contributed by atoms with Gasteiger partial charge in [-0.3, -0.25) is 0 Å². The Morgan fingerprint density at radius 2 is 2.00 bits per heavy atom. The minimum atomic E-state index is -2.01. The van der Waals surface area contributed by atoms with Gasteiger partial charge in [0.2, 0.25) is 0 Å². The lowest BCUT2D eigenvalue weighted by molar-refractivity contribution is 0.287. The molecule has 0 aromatic heterocycles. The van der Waals surface area contributed by atoms with Crippen molar-refractivity contribution in [3.8, 4) is 11.5 Å². The lowest BCUT2D eigenvalue weighted by Crippen LogP contribution is -2.20. The molecule has 0 saturated heterocycles. The van der Waals surface area contributed by atoms with Crippen LogP contribution in [0, 0.1) is 5.82 Å². The first-order valence-electron chi connectivity index (χ1n) is 3.60. The highest BCUT2D eigenvalue weighted by molar-refractivity contribution is 6.36. The predicted octanol–water partition coefficient (Wildman–Crippen LogP) is 0.836. The third-order valence-corrected chi connectivity index (χ3v) is 1.73. The van der Waals surface area contributed by atoms with Crippen LogP contribution in [0.4, 0.5) is 4.39 Å². The van der Waals surface area contributed by atoms with Crippen molar-refractivity contribution in [1.29, 1.82) is 0 Å². The standard InChI is InChI=1S/C7H7BClFO4/c1-13-7-3-6(14-8(11)12)4(9)2-5(7)10/h2-3,11-12H,1H3. The van der Waals surface area contributed by atoms with Crippen LogP contribution >= 0.6 is 11.6 Å². The highest BCUT2D eigenvalue weighted by Gasteiger charge is 2.16. The predicted molar refractivity (Wildman–Crippen MR) is 48.8 cm³/mol. The van der Waals surface area contributed by atoms with Gasteiger partial charge in [-0.05, 0) is 6.07 Å². The number of hydrogen-bond acceptors (Lipinski definition) is 4. The second kappa shape index (κ2) is 4.50. The van der Waals surface area contributed by atoms with Crippen LogP contribution in [0.3, 0.4) is 0 Å². The van der Waals surface area contributed by atoms with E-state index in [1.54, 1.807) is 0 Å². The molecule has 0 heterocycles. The quantitative estimate of drug-likeness (QED) is 0.741. The molecule has 2 N–H and O–H groups in total. The van der Waals surface area contributed by atoms with Gasteiger partial charge in [0.1, 0.15) is 5.75 Å². The molecule has 0 atom stereocenters. The first-order chi connectivity index (χ1) is 6.54. The third-order valence-electron chi connectivity index (χ3n) is 1.44. The van der Waals surface area contributed by atoms with Gasteiger partial charge in [-0.15, -0.1) is 0 Å². The number of ether oxygens (including phenoxy) is 1. The molecular weight excluding hydrogens is 213 g/mol. The Morgan fingerprint density at radius 1 is 1.36 bits per heavy atom. The van der Waals surface area contributed by atoms with Crippen molar-refractivity contribution in [3.05, 3.63) is 23.0 Å². The summed E-state index contributed by atoms with van der Waals surface area (Å²) in [4.78, 5) is 0. The average Bonchev–Trinajstić information content (AvgIpc) is 2.09. The zero-order valence-electron chi connectivity index (χ0n) is 7.20. The second-order valence-electron chi connectivity index (χ2n) is 2.36. The Balaban J connectivity index is 3.04. The topological polar surface area (TPSA) is 58.9 Å². The van der Waals surface area contributed by atoms with Crippen molar-refractivity contribution in [1.82, 2.24) is 0 Å². The SMILES string of the molecule is COc1cc(OB(O)O)c(Cl)cc1F. The van der Waals surface area contributed by atoms with Crippen molar-refractivity contribution in [2.24, 2.45) is 0 Å². The van der Waals surface area contributed by atoms with E-state index in [2.05, 4.69) is 9.39 Å². The van der Waals surface area contributed by atoms with Gasteiger partial charge in [0.05, 0.1) is 12.1 Å². The minimum absolute atomic E-state index is 0.0695. The highest BCUT2D eigenvalue weighted by atomic mass is 35.5. The number of hydrogen-bond donors (Lipinski definition) is 2. The number of halogens is 2. The van der Waals surface area contributed by atoms with E-state index in [0.717, 1.165) is 12.1 Å². The molecule has 1 aromatic rings. The third kappa shape index (κ3) is 2.51. The Bertz CT molecular complexity index is 334. The molecule has 0 spiro atoms. The molecule has 0 fully saturated rings. The molecule has 0 amide bonds. The monoisotopic (exact) mass is 220 g/mol. The molecule has 4 nitrogen and oxygen atoms in total. The Morgan fingerprint density at radius 3 is 2.50 bits per heavy atom. The van der Waals surface area contributed by atoms with Crippen molar-refractivity contribution in [2.45, 2.75) is 0 Å². The largest absolute Gasteiger partial charge is 0.707 e. The summed E-state index contributed by atoms with van der Waals surface area (Å²) in [5, 5.41) is 16.9. The first-order valence-corrected chi connectivity index (χ1v) is 3.98. The van der Waals surface area contributed by atoms with Gasteiger partial charge in [-0.2, -0.15) is 0 Å². The molecular formula is C7H7BClFO4. The fourth-order valence-corrected chi connectivity index (χ4v) is 1.07. The molecule has 0 bridgehead atoms. The summed E-state index contributed by atoms with van der Waals surface area (Å²) in [7, 11) is -0.742. The molecule has 1 rings (SSSR count). The molecule has 0 aliphatic carbocycles. The second-order valence-corrected chi connectivity index (χ2v) is 2.77.